The van der Waals surface area contributed by atoms with Crippen molar-refractivity contribution < 1.29 is 4.42 Å². The molecule has 0 bridgehead atoms. The van der Waals surface area contributed by atoms with Crippen molar-refractivity contribution in [3.05, 3.63) is 96.6 Å². The Kier molecular flexibility index (Phi) is 3.39. The Labute approximate surface area is 152 Å². The molecule has 5 rings (SSSR count). The van der Waals surface area contributed by atoms with Crippen LogP contribution in [0.2, 0.25) is 0 Å². The fourth-order valence-corrected chi connectivity index (χ4v) is 3.65. The van der Waals surface area contributed by atoms with E-state index in [1.165, 1.54) is 38.6 Å². The van der Waals surface area contributed by atoms with E-state index < -0.39 is 0 Å². The molecule has 0 aliphatic carbocycles. The zero-order valence-corrected chi connectivity index (χ0v) is 14.6. The van der Waals surface area contributed by atoms with Gasteiger partial charge in [-0.1, -0.05) is 66.7 Å². The first kappa shape index (κ1) is 15.0. The first-order valence-corrected chi connectivity index (χ1v) is 8.87. The lowest BCUT2D eigenvalue weighted by Gasteiger charge is -2.08. The number of hydrogen-bond donors (Lipinski definition) is 0. The molecule has 0 aliphatic heterocycles. The zero-order chi connectivity index (χ0) is 17.5. The topological polar surface area (TPSA) is 13.1 Å². The molecular weight excluding hydrogens is 316 g/mol. The van der Waals surface area contributed by atoms with Gasteiger partial charge in [0.25, 0.3) is 0 Å². The maximum absolute atomic E-state index is 6.06. The fourth-order valence-electron chi connectivity index (χ4n) is 3.65. The molecule has 0 saturated heterocycles. The number of furan rings is 1. The Morgan fingerprint density at radius 3 is 2.04 bits per heavy atom. The Hall–Kier alpha value is -3.32. The van der Waals surface area contributed by atoms with E-state index in [0.29, 0.717) is 0 Å². The Morgan fingerprint density at radius 1 is 0.500 bits per heavy atom. The molecule has 1 aromatic heterocycles. The van der Waals surface area contributed by atoms with E-state index >= 15 is 0 Å². The standard InChI is InChI=1S/C25H18O/c1-17-13-20(18-7-3-2-4-8-18)15-21(14-17)19-11-12-23-22-9-5-6-10-24(22)26-25(23)16-19/h2-16H,1H3. The lowest BCUT2D eigenvalue weighted by molar-refractivity contribution is 0.669. The van der Waals surface area contributed by atoms with Gasteiger partial charge in [0.15, 0.2) is 0 Å². The summed E-state index contributed by atoms with van der Waals surface area (Å²) in [7, 11) is 0. The monoisotopic (exact) mass is 334 g/mol. The van der Waals surface area contributed by atoms with Gasteiger partial charge in [0.05, 0.1) is 0 Å². The van der Waals surface area contributed by atoms with Crippen LogP contribution in [-0.4, -0.2) is 0 Å². The zero-order valence-electron chi connectivity index (χ0n) is 14.6. The number of para-hydroxylation sites is 1. The van der Waals surface area contributed by atoms with E-state index in [1.807, 2.05) is 12.1 Å². The van der Waals surface area contributed by atoms with Gasteiger partial charge >= 0.3 is 0 Å². The number of hydrogen-bond acceptors (Lipinski definition) is 1. The van der Waals surface area contributed by atoms with Gasteiger partial charge in [0.2, 0.25) is 0 Å². The molecule has 0 aliphatic rings. The Balaban J connectivity index is 1.67. The molecule has 1 nitrogen and oxygen atoms in total. The summed E-state index contributed by atoms with van der Waals surface area (Å²) in [5.74, 6) is 0. The van der Waals surface area contributed by atoms with Crippen LogP contribution in [0.4, 0.5) is 0 Å². The Morgan fingerprint density at radius 2 is 1.19 bits per heavy atom. The van der Waals surface area contributed by atoms with Gasteiger partial charge < -0.3 is 4.42 Å². The largest absolute Gasteiger partial charge is 0.456 e. The maximum atomic E-state index is 6.06. The molecule has 0 amide bonds. The molecule has 26 heavy (non-hydrogen) atoms. The molecule has 5 aromatic rings. The maximum Gasteiger partial charge on any atom is 0.136 e. The summed E-state index contributed by atoms with van der Waals surface area (Å²) >= 11 is 0. The van der Waals surface area contributed by atoms with Gasteiger partial charge in [-0.15, -0.1) is 0 Å². The van der Waals surface area contributed by atoms with Gasteiger partial charge in [0.1, 0.15) is 11.2 Å². The van der Waals surface area contributed by atoms with E-state index in [1.54, 1.807) is 0 Å². The third-order valence-corrected chi connectivity index (χ3v) is 4.90. The highest BCUT2D eigenvalue weighted by Gasteiger charge is 2.09. The van der Waals surface area contributed by atoms with Crippen LogP contribution in [0.1, 0.15) is 5.56 Å². The summed E-state index contributed by atoms with van der Waals surface area (Å²) in [4.78, 5) is 0. The molecule has 1 heterocycles. The van der Waals surface area contributed by atoms with Gasteiger partial charge in [-0.25, -0.2) is 0 Å². The summed E-state index contributed by atoms with van der Waals surface area (Å²) < 4.78 is 6.06. The van der Waals surface area contributed by atoms with Gasteiger partial charge in [0, 0.05) is 10.8 Å². The van der Waals surface area contributed by atoms with Crippen molar-refractivity contribution in [2.45, 2.75) is 6.92 Å². The van der Waals surface area contributed by atoms with Crippen LogP contribution in [-0.2, 0) is 0 Å². The number of rotatable bonds is 2. The van der Waals surface area contributed by atoms with Gasteiger partial charge in [-0.3, -0.25) is 0 Å². The van der Waals surface area contributed by atoms with Crippen molar-refractivity contribution in [2.75, 3.05) is 0 Å². The first-order valence-electron chi connectivity index (χ1n) is 8.87. The molecule has 0 fully saturated rings. The number of benzene rings is 4. The summed E-state index contributed by atoms with van der Waals surface area (Å²) in [6.07, 6.45) is 0. The third kappa shape index (κ3) is 2.49. The number of aryl methyl sites for hydroxylation is 1. The SMILES string of the molecule is Cc1cc(-c2ccccc2)cc(-c2ccc3c(c2)oc2ccccc23)c1. The van der Waals surface area contributed by atoms with Crippen molar-refractivity contribution in [1.29, 1.82) is 0 Å². The lowest BCUT2D eigenvalue weighted by atomic mass is 9.96. The van der Waals surface area contributed by atoms with Crippen LogP contribution < -0.4 is 0 Å². The van der Waals surface area contributed by atoms with Crippen molar-refractivity contribution >= 4 is 21.9 Å². The predicted molar refractivity (Wildman–Crippen MR) is 109 cm³/mol. The lowest BCUT2D eigenvalue weighted by Crippen LogP contribution is -1.84. The summed E-state index contributed by atoms with van der Waals surface area (Å²) in [5, 5.41) is 2.34. The second-order valence-electron chi connectivity index (χ2n) is 6.76. The minimum Gasteiger partial charge on any atom is -0.456 e. The van der Waals surface area contributed by atoms with Crippen molar-refractivity contribution in [1.82, 2.24) is 0 Å². The average molecular weight is 334 g/mol. The molecule has 1 heteroatoms. The average Bonchev–Trinajstić information content (AvgIpc) is 3.06. The summed E-state index contributed by atoms with van der Waals surface area (Å²) in [6.45, 7) is 2.15. The quantitative estimate of drug-likeness (QED) is 0.332. The molecule has 0 N–H and O–H groups in total. The van der Waals surface area contributed by atoms with Crippen LogP contribution in [0, 0.1) is 6.92 Å². The van der Waals surface area contributed by atoms with Gasteiger partial charge in [-0.05, 0) is 59.0 Å². The normalized spacial score (nSPS) is 11.3. The Bertz CT molecular complexity index is 1230. The molecule has 0 unspecified atom stereocenters. The van der Waals surface area contributed by atoms with Crippen LogP contribution in [0.15, 0.2) is 95.4 Å². The number of fused-ring (bicyclic) bond motifs is 3. The molecule has 0 radical (unpaired) electrons. The molecule has 124 valence electrons. The molecule has 0 atom stereocenters. The van der Waals surface area contributed by atoms with Crippen LogP contribution in [0.25, 0.3) is 44.2 Å². The highest BCUT2D eigenvalue weighted by atomic mass is 16.3. The molecule has 4 aromatic carbocycles. The third-order valence-electron chi connectivity index (χ3n) is 4.90. The van der Waals surface area contributed by atoms with E-state index in [4.69, 9.17) is 4.42 Å². The minimum absolute atomic E-state index is 0.937. The molecule has 0 saturated carbocycles. The van der Waals surface area contributed by atoms with Crippen molar-refractivity contribution in [2.24, 2.45) is 0 Å². The fraction of sp³-hybridized carbons (Fsp3) is 0.0400. The minimum atomic E-state index is 0.937. The van der Waals surface area contributed by atoms with Crippen LogP contribution >= 0.6 is 0 Å². The van der Waals surface area contributed by atoms with Crippen LogP contribution in [0.3, 0.4) is 0 Å². The molecule has 0 spiro atoms. The van der Waals surface area contributed by atoms with E-state index in [2.05, 4.69) is 85.8 Å². The predicted octanol–water partition coefficient (Wildman–Crippen LogP) is 7.23. The summed E-state index contributed by atoms with van der Waals surface area (Å²) in [5.41, 5.74) is 8.00. The smallest absolute Gasteiger partial charge is 0.136 e. The van der Waals surface area contributed by atoms with Crippen molar-refractivity contribution in [3.8, 4) is 22.3 Å². The summed E-state index contributed by atoms with van der Waals surface area (Å²) in [6, 6.07) is 32.0. The van der Waals surface area contributed by atoms with E-state index in [9.17, 15) is 0 Å². The van der Waals surface area contributed by atoms with Crippen LogP contribution in [0.5, 0.6) is 0 Å². The molecular formula is C25H18O. The second-order valence-corrected chi connectivity index (χ2v) is 6.76. The highest BCUT2D eigenvalue weighted by Crippen LogP contribution is 2.33. The van der Waals surface area contributed by atoms with E-state index in [-0.39, 0.29) is 0 Å². The highest BCUT2D eigenvalue weighted by molar-refractivity contribution is 6.05. The van der Waals surface area contributed by atoms with Crippen molar-refractivity contribution in [3.63, 3.8) is 0 Å². The van der Waals surface area contributed by atoms with E-state index in [0.717, 1.165) is 11.2 Å². The first-order chi connectivity index (χ1) is 12.8. The van der Waals surface area contributed by atoms with Gasteiger partial charge in [-0.2, -0.15) is 0 Å². The second kappa shape index (κ2) is 5.89.